The molecule has 0 aliphatic heterocycles. The van der Waals surface area contributed by atoms with E-state index in [9.17, 15) is 0 Å². The normalized spacial score (nSPS) is 11.6. The lowest BCUT2D eigenvalue weighted by molar-refractivity contribution is 0.669. The maximum absolute atomic E-state index is 6.31. The van der Waals surface area contributed by atoms with Crippen molar-refractivity contribution in [2.24, 2.45) is 0 Å². The second-order valence-electron chi connectivity index (χ2n) is 14.2. The molecule has 0 aliphatic rings. The molecular formula is C52H34N2O. The molecule has 55 heavy (non-hydrogen) atoms. The van der Waals surface area contributed by atoms with Gasteiger partial charge in [-0.25, -0.2) is 0 Å². The average Bonchev–Trinajstić information content (AvgIpc) is 3.79. The summed E-state index contributed by atoms with van der Waals surface area (Å²) in [5.74, 6) is 0. The van der Waals surface area contributed by atoms with Gasteiger partial charge in [-0.3, -0.25) is 0 Å². The van der Waals surface area contributed by atoms with Crippen LogP contribution in [0.4, 0.5) is 17.1 Å². The number of fused-ring (bicyclic) bond motifs is 8. The summed E-state index contributed by atoms with van der Waals surface area (Å²) in [6, 6.07) is 73.9. The Morgan fingerprint density at radius 2 is 0.945 bits per heavy atom. The van der Waals surface area contributed by atoms with Gasteiger partial charge in [0, 0.05) is 44.3 Å². The van der Waals surface area contributed by atoms with Gasteiger partial charge in [0.15, 0.2) is 0 Å². The lowest BCUT2D eigenvalue weighted by Crippen LogP contribution is -2.09. The molecule has 3 heteroatoms. The molecule has 2 aromatic heterocycles. The van der Waals surface area contributed by atoms with Gasteiger partial charge < -0.3 is 13.9 Å². The standard InChI is InChI=1S/C52H34N2O/c1-4-15-40(16-5-1)53(41-17-6-2-7-18-41)43-27-23-35(24-28-43)36-13-12-14-37(31-36)38-25-29-48-47(32-38)52-45-34-46-44-21-10-11-22-50(44)55-51(46)33-39(45)26-30-49(52)54(48)42-19-8-3-9-20-42/h1-34H. The molecule has 0 atom stereocenters. The van der Waals surface area contributed by atoms with Crippen molar-refractivity contribution in [2.45, 2.75) is 0 Å². The monoisotopic (exact) mass is 702 g/mol. The first-order valence-corrected chi connectivity index (χ1v) is 18.8. The molecule has 0 N–H and O–H groups in total. The number of para-hydroxylation sites is 4. The predicted molar refractivity (Wildman–Crippen MR) is 231 cm³/mol. The molecule has 0 fully saturated rings. The number of hydrogen-bond acceptors (Lipinski definition) is 2. The molecule has 11 aromatic rings. The second kappa shape index (κ2) is 12.6. The van der Waals surface area contributed by atoms with Crippen LogP contribution in [0.5, 0.6) is 0 Å². The van der Waals surface area contributed by atoms with Crippen molar-refractivity contribution in [3.8, 4) is 27.9 Å². The maximum atomic E-state index is 6.31. The number of aromatic nitrogens is 1. The van der Waals surface area contributed by atoms with Crippen LogP contribution in [-0.2, 0) is 0 Å². The fourth-order valence-corrected chi connectivity index (χ4v) is 8.38. The lowest BCUT2D eigenvalue weighted by Gasteiger charge is -2.25. The number of rotatable bonds is 6. The first kappa shape index (κ1) is 31.2. The number of hydrogen-bond donors (Lipinski definition) is 0. The summed E-state index contributed by atoms with van der Waals surface area (Å²) in [4.78, 5) is 2.30. The van der Waals surface area contributed by atoms with Crippen molar-refractivity contribution in [2.75, 3.05) is 4.90 Å². The zero-order chi connectivity index (χ0) is 36.3. The van der Waals surface area contributed by atoms with Crippen molar-refractivity contribution in [1.29, 1.82) is 0 Å². The van der Waals surface area contributed by atoms with Gasteiger partial charge in [-0.05, 0) is 124 Å². The maximum Gasteiger partial charge on any atom is 0.136 e. The Bertz CT molecular complexity index is 3140. The van der Waals surface area contributed by atoms with E-state index in [0.29, 0.717) is 0 Å². The third-order valence-electron chi connectivity index (χ3n) is 10.9. The SMILES string of the molecule is c1ccc(N(c2ccccc2)c2ccc(-c3cccc(-c4ccc5c(c4)c4c6cc7c(cc6ccc4n5-c4ccccc4)oc4ccccc47)c3)cc2)cc1. The van der Waals surface area contributed by atoms with E-state index in [2.05, 4.69) is 210 Å². The summed E-state index contributed by atoms with van der Waals surface area (Å²) >= 11 is 0. The van der Waals surface area contributed by atoms with Crippen LogP contribution >= 0.6 is 0 Å². The smallest absolute Gasteiger partial charge is 0.136 e. The van der Waals surface area contributed by atoms with Gasteiger partial charge >= 0.3 is 0 Å². The Morgan fingerprint density at radius 1 is 0.345 bits per heavy atom. The van der Waals surface area contributed by atoms with E-state index in [0.717, 1.165) is 44.7 Å². The Kier molecular flexibility index (Phi) is 7.17. The van der Waals surface area contributed by atoms with E-state index >= 15 is 0 Å². The largest absolute Gasteiger partial charge is 0.456 e. The second-order valence-corrected chi connectivity index (χ2v) is 14.2. The summed E-state index contributed by atoms with van der Waals surface area (Å²) in [6.45, 7) is 0. The summed E-state index contributed by atoms with van der Waals surface area (Å²) in [7, 11) is 0. The van der Waals surface area contributed by atoms with Gasteiger partial charge in [-0.15, -0.1) is 0 Å². The molecule has 0 spiro atoms. The van der Waals surface area contributed by atoms with Gasteiger partial charge in [0.05, 0.1) is 11.0 Å². The van der Waals surface area contributed by atoms with Gasteiger partial charge in [0.2, 0.25) is 0 Å². The van der Waals surface area contributed by atoms with Crippen LogP contribution in [0.3, 0.4) is 0 Å². The molecule has 2 heterocycles. The van der Waals surface area contributed by atoms with E-state index in [-0.39, 0.29) is 0 Å². The molecule has 3 nitrogen and oxygen atoms in total. The van der Waals surface area contributed by atoms with E-state index in [1.807, 2.05) is 6.07 Å². The lowest BCUT2D eigenvalue weighted by atomic mass is 9.96. The van der Waals surface area contributed by atoms with Crippen LogP contribution in [0.15, 0.2) is 211 Å². The van der Waals surface area contributed by atoms with Crippen LogP contribution in [-0.4, -0.2) is 4.57 Å². The third kappa shape index (κ3) is 5.20. The first-order valence-electron chi connectivity index (χ1n) is 18.8. The number of benzene rings is 9. The quantitative estimate of drug-likeness (QED) is 0.172. The molecule has 0 aliphatic carbocycles. The molecular weight excluding hydrogens is 669 g/mol. The van der Waals surface area contributed by atoms with Crippen molar-refractivity contribution in [3.05, 3.63) is 206 Å². The van der Waals surface area contributed by atoms with Gasteiger partial charge in [-0.2, -0.15) is 0 Å². The molecule has 0 saturated heterocycles. The van der Waals surface area contributed by atoms with Gasteiger partial charge in [0.1, 0.15) is 11.2 Å². The fraction of sp³-hybridized carbons (Fsp3) is 0. The van der Waals surface area contributed by atoms with Gasteiger partial charge in [0.25, 0.3) is 0 Å². The highest BCUT2D eigenvalue weighted by Crippen LogP contribution is 2.42. The van der Waals surface area contributed by atoms with Crippen LogP contribution < -0.4 is 4.90 Å². The average molecular weight is 703 g/mol. The van der Waals surface area contributed by atoms with E-state index in [1.165, 1.54) is 54.8 Å². The van der Waals surface area contributed by atoms with Crippen LogP contribution in [0.25, 0.3) is 82.5 Å². The predicted octanol–water partition coefficient (Wildman–Crippen LogP) is 14.6. The topological polar surface area (TPSA) is 21.3 Å². The summed E-state index contributed by atoms with van der Waals surface area (Å²) < 4.78 is 8.71. The van der Waals surface area contributed by atoms with E-state index in [1.54, 1.807) is 0 Å². The minimum atomic E-state index is 0.914. The van der Waals surface area contributed by atoms with Crippen LogP contribution in [0.1, 0.15) is 0 Å². The molecule has 0 amide bonds. The Morgan fingerprint density at radius 3 is 1.69 bits per heavy atom. The molecule has 9 aromatic carbocycles. The molecule has 0 saturated carbocycles. The summed E-state index contributed by atoms with van der Waals surface area (Å²) in [6.07, 6.45) is 0. The Labute approximate surface area is 318 Å². The number of anilines is 3. The summed E-state index contributed by atoms with van der Waals surface area (Å²) in [5, 5.41) is 7.15. The third-order valence-corrected chi connectivity index (χ3v) is 10.9. The fourth-order valence-electron chi connectivity index (χ4n) is 8.38. The van der Waals surface area contributed by atoms with E-state index in [4.69, 9.17) is 4.42 Å². The van der Waals surface area contributed by atoms with Crippen molar-refractivity contribution in [1.82, 2.24) is 4.57 Å². The highest BCUT2D eigenvalue weighted by molar-refractivity contribution is 6.24. The molecule has 0 radical (unpaired) electrons. The Hall–Kier alpha value is -7.36. The van der Waals surface area contributed by atoms with Gasteiger partial charge in [-0.1, -0.05) is 115 Å². The zero-order valence-electron chi connectivity index (χ0n) is 29.9. The highest BCUT2D eigenvalue weighted by atomic mass is 16.3. The van der Waals surface area contributed by atoms with Crippen LogP contribution in [0.2, 0.25) is 0 Å². The molecule has 11 rings (SSSR count). The highest BCUT2D eigenvalue weighted by Gasteiger charge is 2.18. The molecule has 0 bridgehead atoms. The van der Waals surface area contributed by atoms with Crippen LogP contribution in [0, 0.1) is 0 Å². The first-order chi connectivity index (χ1) is 27.3. The number of furan rings is 1. The zero-order valence-corrected chi connectivity index (χ0v) is 29.9. The van der Waals surface area contributed by atoms with Crippen molar-refractivity contribution in [3.63, 3.8) is 0 Å². The minimum Gasteiger partial charge on any atom is -0.456 e. The summed E-state index contributed by atoms with van der Waals surface area (Å²) in [5.41, 5.74) is 13.4. The van der Waals surface area contributed by atoms with Crippen molar-refractivity contribution >= 4 is 71.6 Å². The molecule has 258 valence electrons. The molecule has 0 unspecified atom stereocenters. The minimum absolute atomic E-state index is 0.914. The number of nitrogens with zero attached hydrogens (tertiary/aromatic N) is 2. The van der Waals surface area contributed by atoms with Crippen molar-refractivity contribution < 1.29 is 4.42 Å². The Balaban J connectivity index is 1.05. The van der Waals surface area contributed by atoms with E-state index < -0.39 is 0 Å².